The van der Waals surface area contributed by atoms with E-state index in [4.69, 9.17) is 5.73 Å². The standard InChI is InChI=1S/C12H17N3O2S/c1-12(2,7-13)11-14-9-5-4-8(18(3,16)17)6-10(9)15-11/h4-6H,7,13H2,1-3H3,(H,14,15). The number of hydrogen-bond acceptors (Lipinski definition) is 4. The van der Waals surface area contributed by atoms with Crippen LogP contribution in [0, 0.1) is 0 Å². The van der Waals surface area contributed by atoms with Crippen molar-refractivity contribution in [2.75, 3.05) is 12.8 Å². The first-order valence-electron chi connectivity index (χ1n) is 5.64. The van der Waals surface area contributed by atoms with E-state index >= 15 is 0 Å². The van der Waals surface area contributed by atoms with E-state index in [1.807, 2.05) is 13.8 Å². The fraction of sp³-hybridized carbons (Fsp3) is 0.417. The molecule has 0 fully saturated rings. The summed E-state index contributed by atoms with van der Waals surface area (Å²) in [7, 11) is -3.20. The molecule has 1 aromatic carbocycles. The number of H-pyrrole nitrogens is 1. The van der Waals surface area contributed by atoms with Crippen molar-refractivity contribution in [1.29, 1.82) is 0 Å². The number of nitrogens with one attached hydrogen (secondary N) is 1. The van der Waals surface area contributed by atoms with Crippen molar-refractivity contribution in [3.63, 3.8) is 0 Å². The second-order valence-electron chi connectivity index (χ2n) is 5.12. The average Bonchev–Trinajstić information content (AvgIpc) is 2.71. The number of fused-ring (bicyclic) bond motifs is 1. The van der Waals surface area contributed by atoms with Gasteiger partial charge in [-0.3, -0.25) is 0 Å². The van der Waals surface area contributed by atoms with E-state index in [1.165, 1.54) is 6.26 Å². The zero-order valence-corrected chi connectivity index (χ0v) is 11.5. The van der Waals surface area contributed by atoms with E-state index in [2.05, 4.69) is 9.97 Å². The highest BCUT2D eigenvalue weighted by Crippen LogP contribution is 2.23. The lowest BCUT2D eigenvalue weighted by Gasteiger charge is -2.18. The van der Waals surface area contributed by atoms with Crippen LogP contribution in [0.2, 0.25) is 0 Å². The first-order valence-corrected chi connectivity index (χ1v) is 7.53. The Labute approximate surface area is 106 Å². The molecular formula is C12H17N3O2S. The second kappa shape index (κ2) is 4.07. The molecular weight excluding hydrogens is 250 g/mol. The topological polar surface area (TPSA) is 88.8 Å². The maximum Gasteiger partial charge on any atom is 0.175 e. The largest absolute Gasteiger partial charge is 0.341 e. The van der Waals surface area contributed by atoms with Crippen molar-refractivity contribution in [3.8, 4) is 0 Å². The molecule has 0 radical (unpaired) electrons. The van der Waals surface area contributed by atoms with Crippen LogP contribution >= 0.6 is 0 Å². The van der Waals surface area contributed by atoms with E-state index < -0.39 is 9.84 Å². The van der Waals surface area contributed by atoms with Gasteiger partial charge in [0.05, 0.1) is 15.9 Å². The molecule has 0 saturated heterocycles. The Kier molecular flexibility index (Phi) is 2.95. The van der Waals surface area contributed by atoms with Gasteiger partial charge >= 0.3 is 0 Å². The summed E-state index contributed by atoms with van der Waals surface area (Å²) in [4.78, 5) is 7.88. The van der Waals surface area contributed by atoms with Gasteiger partial charge in [-0.2, -0.15) is 0 Å². The normalized spacial score (nSPS) is 13.1. The predicted molar refractivity (Wildman–Crippen MR) is 71.3 cm³/mol. The monoisotopic (exact) mass is 267 g/mol. The molecule has 1 aromatic heterocycles. The molecule has 98 valence electrons. The van der Waals surface area contributed by atoms with Gasteiger partial charge in [-0.15, -0.1) is 0 Å². The maximum absolute atomic E-state index is 11.5. The summed E-state index contributed by atoms with van der Waals surface area (Å²) in [5, 5.41) is 0. The molecule has 1 heterocycles. The van der Waals surface area contributed by atoms with Gasteiger partial charge in [0.25, 0.3) is 0 Å². The molecule has 5 nitrogen and oxygen atoms in total. The summed E-state index contributed by atoms with van der Waals surface area (Å²) in [5.41, 5.74) is 6.91. The van der Waals surface area contributed by atoms with Gasteiger partial charge in [-0.1, -0.05) is 13.8 Å². The minimum atomic E-state index is -3.20. The molecule has 18 heavy (non-hydrogen) atoms. The van der Waals surface area contributed by atoms with Crippen LogP contribution in [0.1, 0.15) is 19.7 Å². The smallest absolute Gasteiger partial charge is 0.175 e. The number of hydrogen-bond donors (Lipinski definition) is 2. The number of sulfone groups is 1. The number of aromatic amines is 1. The van der Waals surface area contributed by atoms with Crippen LogP contribution < -0.4 is 5.73 Å². The third kappa shape index (κ3) is 2.26. The first-order chi connectivity index (χ1) is 8.24. The van der Waals surface area contributed by atoms with Gasteiger partial charge in [0.15, 0.2) is 9.84 Å². The molecule has 0 amide bonds. The fourth-order valence-corrected chi connectivity index (χ4v) is 2.28. The summed E-state index contributed by atoms with van der Waals surface area (Å²) < 4.78 is 23.0. The van der Waals surface area contributed by atoms with Crippen LogP contribution in [0.3, 0.4) is 0 Å². The molecule has 0 aliphatic carbocycles. The Morgan fingerprint density at radius 3 is 2.61 bits per heavy atom. The number of nitrogens with zero attached hydrogens (tertiary/aromatic N) is 1. The van der Waals surface area contributed by atoms with Crippen molar-refractivity contribution < 1.29 is 8.42 Å². The van der Waals surface area contributed by atoms with Gasteiger partial charge in [-0.25, -0.2) is 13.4 Å². The summed E-state index contributed by atoms with van der Waals surface area (Å²) >= 11 is 0. The van der Waals surface area contributed by atoms with Crippen molar-refractivity contribution in [1.82, 2.24) is 9.97 Å². The maximum atomic E-state index is 11.5. The van der Waals surface area contributed by atoms with Crippen molar-refractivity contribution in [3.05, 3.63) is 24.0 Å². The molecule has 2 rings (SSSR count). The quantitative estimate of drug-likeness (QED) is 0.874. The van der Waals surface area contributed by atoms with Crippen LogP contribution in [-0.4, -0.2) is 31.2 Å². The molecule has 0 aliphatic heterocycles. The predicted octanol–water partition coefficient (Wildman–Crippen LogP) is 1.20. The minimum Gasteiger partial charge on any atom is -0.341 e. The highest BCUT2D eigenvalue weighted by atomic mass is 32.2. The highest BCUT2D eigenvalue weighted by Gasteiger charge is 2.22. The van der Waals surface area contributed by atoms with Crippen LogP contribution in [0.4, 0.5) is 0 Å². The molecule has 0 saturated carbocycles. The third-order valence-electron chi connectivity index (χ3n) is 3.03. The lowest BCUT2D eigenvalue weighted by atomic mass is 9.93. The Bertz CT molecular complexity index is 686. The molecule has 2 aromatic rings. The number of imidazole rings is 1. The molecule has 0 atom stereocenters. The Balaban J connectivity index is 2.60. The van der Waals surface area contributed by atoms with Gasteiger partial charge in [0.2, 0.25) is 0 Å². The molecule has 0 aliphatic rings. The van der Waals surface area contributed by atoms with Crippen LogP contribution in [0.25, 0.3) is 11.0 Å². The summed E-state index contributed by atoms with van der Waals surface area (Å²) in [6.07, 6.45) is 1.19. The molecule has 3 N–H and O–H groups in total. The SMILES string of the molecule is CC(C)(CN)c1nc2ccc(S(C)(=O)=O)cc2[nH]1. The van der Waals surface area contributed by atoms with Crippen molar-refractivity contribution in [2.24, 2.45) is 5.73 Å². The zero-order chi connectivity index (χ0) is 13.6. The van der Waals surface area contributed by atoms with Crippen molar-refractivity contribution in [2.45, 2.75) is 24.2 Å². The van der Waals surface area contributed by atoms with E-state index in [1.54, 1.807) is 18.2 Å². The molecule has 0 unspecified atom stereocenters. The Hall–Kier alpha value is -1.40. The van der Waals surface area contributed by atoms with Crippen LogP contribution in [-0.2, 0) is 15.3 Å². The summed E-state index contributed by atoms with van der Waals surface area (Å²) in [6.45, 7) is 4.44. The van der Waals surface area contributed by atoms with Crippen molar-refractivity contribution >= 4 is 20.9 Å². The zero-order valence-electron chi connectivity index (χ0n) is 10.7. The van der Waals surface area contributed by atoms with Gasteiger partial charge in [0.1, 0.15) is 5.82 Å². The molecule has 6 heteroatoms. The van der Waals surface area contributed by atoms with Crippen LogP contribution in [0.15, 0.2) is 23.1 Å². The highest BCUT2D eigenvalue weighted by molar-refractivity contribution is 7.90. The lowest BCUT2D eigenvalue weighted by Crippen LogP contribution is -2.29. The minimum absolute atomic E-state index is 0.260. The summed E-state index contributed by atoms with van der Waals surface area (Å²) in [5.74, 6) is 0.769. The number of benzene rings is 1. The molecule has 0 spiro atoms. The van der Waals surface area contributed by atoms with Gasteiger partial charge < -0.3 is 10.7 Å². The van der Waals surface area contributed by atoms with E-state index in [0.717, 1.165) is 16.9 Å². The van der Waals surface area contributed by atoms with E-state index in [-0.39, 0.29) is 10.3 Å². The fourth-order valence-electron chi connectivity index (χ4n) is 1.64. The second-order valence-corrected chi connectivity index (χ2v) is 7.14. The lowest BCUT2D eigenvalue weighted by molar-refractivity contribution is 0.509. The number of aromatic nitrogens is 2. The Morgan fingerprint density at radius 2 is 2.06 bits per heavy atom. The van der Waals surface area contributed by atoms with E-state index in [9.17, 15) is 8.42 Å². The number of rotatable bonds is 3. The van der Waals surface area contributed by atoms with E-state index in [0.29, 0.717) is 6.54 Å². The first kappa shape index (κ1) is 13.0. The van der Waals surface area contributed by atoms with Gasteiger partial charge in [-0.05, 0) is 18.2 Å². The van der Waals surface area contributed by atoms with Gasteiger partial charge in [0, 0.05) is 18.2 Å². The average molecular weight is 267 g/mol. The Morgan fingerprint density at radius 1 is 1.39 bits per heavy atom. The number of nitrogens with two attached hydrogens (primary N) is 1. The third-order valence-corrected chi connectivity index (χ3v) is 4.14. The molecule has 0 bridgehead atoms. The van der Waals surface area contributed by atoms with Crippen LogP contribution in [0.5, 0.6) is 0 Å². The summed E-state index contributed by atoms with van der Waals surface area (Å²) in [6, 6.07) is 4.88.